The summed E-state index contributed by atoms with van der Waals surface area (Å²) in [7, 11) is 0. The molecule has 5 heteroatoms. The van der Waals surface area contributed by atoms with Crippen LogP contribution in [0.3, 0.4) is 0 Å². The van der Waals surface area contributed by atoms with Crippen molar-refractivity contribution in [3.05, 3.63) is 16.7 Å². The van der Waals surface area contributed by atoms with Gasteiger partial charge in [-0.2, -0.15) is 0 Å². The molecule has 17 heavy (non-hydrogen) atoms. The molecule has 3 heterocycles. The Hall–Kier alpha value is -0.650. The van der Waals surface area contributed by atoms with E-state index in [0.717, 1.165) is 30.2 Å². The molecule has 2 fully saturated rings. The summed E-state index contributed by atoms with van der Waals surface area (Å²) in [6.45, 7) is 6.08. The van der Waals surface area contributed by atoms with Gasteiger partial charge in [-0.15, -0.1) is 0 Å². The zero-order valence-corrected chi connectivity index (χ0v) is 11.0. The highest BCUT2D eigenvalue weighted by atomic mass is 32.1. The molecule has 2 saturated heterocycles. The normalized spacial score (nSPS) is 29.5. The van der Waals surface area contributed by atoms with Crippen LogP contribution in [0.5, 0.6) is 0 Å². The van der Waals surface area contributed by atoms with Crippen LogP contribution in [0.15, 0.2) is 6.20 Å². The molecular formula is C12H19N3OS. The number of nitrogens with zero attached hydrogens (tertiary/aromatic N) is 2. The van der Waals surface area contributed by atoms with Crippen LogP contribution in [0.25, 0.3) is 0 Å². The summed E-state index contributed by atoms with van der Waals surface area (Å²) < 4.78 is 8.83. The largest absolute Gasteiger partial charge is 0.373 e. The number of rotatable bonds is 2. The highest BCUT2D eigenvalue weighted by Crippen LogP contribution is 2.23. The van der Waals surface area contributed by atoms with Crippen LogP contribution in [0.4, 0.5) is 0 Å². The van der Waals surface area contributed by atoms with Crippen molar-refractivity contribution in [3.63, 3.8) is 0 Å². The van der Waals surface area contributed by atoms with E-state index in [1.807, 2.05) is 6.92 Å². The molecule has 4 nitrogen and oxygen atoms in total. The third-order valence-corrected chi connectivity index (χ3v) is 4.11. The minimum Gasteiger partial charge on any atom is -0.373 e. The zero-order valence-electron chi connectivity index (χ0n) is 10.2. The zero-order chi connectivity index (χ0) is 11.8. The van der Waals surface area contributed by atoms with Crippen LogP contribution in [-0.4, -0.2) is 46.3 Å². The number of aromatic amines is 1. The van der Waals surface area contributed by atoms with E-state index in [1.54, 1.807) is 0 Å². The third-order valence-electron chi connectivity index (χ3n) is 3.78. The second-order valence-corrected chi connectivity index (χ2v) is 5.53. The Kier molecular flexibility index (Phi) is 3.06. The van der Waals surface area contributed by atoms with Gasteiger partial charge in [0.05, 0.1) is 19.3 Å². The van der Waals surface area contributed by atoms with E-state index in [-0.39, 0.29) is 6.10 Å². The molecule has 1 aromatic rings. The molecule has 0 aromatic carbocycles. The Bertz CT molecular complexity index is 453. The summed E-state index contributed by atoms with van der Waals surface area (Å²) in [4.78, 5) is 5.72. The van der Waals surface area contributed by atoms with Crippen LogP contribution in [0.2, 0.25) is 0 Å². The minimum absolute atomic E-state index is 0.284. The smallest absolute Gasteiger partial charge is 0.177 e. The lowest BCUT2D eigenvalue weighted by Crippen LogP contribution is -2.47. The van der Waals surface area contributed by atoms with E-state index in [9.17, 15) is 0 Å². The van der Waals surface area contributed by atoms with E-state index in [1.165, 1.54) is 19.4 Å². The molecule has 1 N–H and O–H groups in total. The first-order valence-corrected chi connectivity index (χ1v) is 6.75. The molecule has 0 aliphatic carbocycles. The molecule has 0 spiro atoms. The number of hydrogen-bond donors (Lipinski definition) is 1. The lowest BCUT2D eigenvalue weighted by Gasteiger charge is -2.35. The molecule has 3 rings (SSSR count). The predicted octanol–water partition coefficient (Wildman–Crippen LogP) is 1.72. The van der Waals surface area contributed by atoms with Gasteiger partial charge in [0.25, 0.3) is 0 Å². The fourth-order valence-corrected chi connectivity index (χ4v) is 3.20. The van der Waals surface area contributed by atoms with Gasteiger partial charge in [-0.3, -0.25) is 4.90 Å². The topological polar surface area (TPSA) is 33.2 Å². The lowest BCUT2D eigenvalue weighted by atomic mass is 10.2. The van der Waals surface area contributed by atoms with Crippen molar-refractivity contribution in [1.29, 1.82) is 0 Å². The van der Waals surface area contributed by atoms with Gasteiger partial charge in [0.2, 0.25) is 0 Å². The quantitative estimate of drug-likeness (QED) is 0.815. The summed E-state index contributed by atoms with van der Waals surface area (Å²) in [5.41, 5.74) is 1.12. The van der Waals surface area contributed by atoms with Gasteiger partial charge < -0.3 is 14.3 Å². The van der Waals surface area contributed by atoms with Crippen LogP contribution < -0.4 is 0 Å². The van der Waals surface area contributed by atoms with Gasteiger partial charge >= 0.3 is 0 Å². The fraction of sp³-hybridized carbons (Fsp3) is 0.750. The summed E-state index contributed by atoms with van der Waals surface area (Å²) in [6, 6.07) is 0.673. The van der Waals surface area contributed by atoms with Gasteiger partial charge in [0.15, 0.2) is 4.77 Å². The maximum Gasteiger partial charge on any atom is 0.177 e. The molecular weight excluding hydrogens is 234 g/mol. The van der Waals surface area contributed by atoms with Crippen LogP contribution in [-0.2, 0) is 11.3 Å². The molecule has 2 unspecified atom stereocenters. The van der Waals surface area contributed by atoms with Gasteiger partial charge in [-0.25, -0.2) is 0 Å². The van der Waals surface area contributed by atoms with Crippen molar-refractivity contribution in [2.45, 2.75) is 38.5 Å². The molecule has 94 valence electrons. The highest BCUT2D eigenvalue weighted by Gasteiger charge is 2.32. The molecule has 2 aliphatic rings. The number of imidazole rings is 1. The number of aryl methyl sites for hydroxylation is 1. The first kappa shape index (κ1) is 11.4. The van der Waals surface area contributed by atoms with Crippen molar-refractivity contribution in [1.82, 2.24) is 14.5 Å². The predicted molar refractivity (Wildman–Crippen MR) is 68.7 cm³/mol. The number of H-pyrrole nitrogens is 1. The standard InChI is InChI=1S/C12H19N3OS/c1-9-5-15(12(17)13-9)7-11-6-14-4-2-3-10(14)8-16-11/h5,10-11H,2-4,6-8H2,1H3,(H,13,17). The first-order chi connectivity index (χ1) is 8.22. The average molecular weight is 253 g/mol. The first-order valence-electron chi connectivity index (χ1n) is 6.34. The van der Waals surface area contributed by atoms with Crippen molar-refractivity contribution < 1.29 is 4.74 Å². The van der Waals surface area contributed by atoms with E-state index in [0.29, 0.717) is 6.04 Å². The molecule has 0 bridgehead atoms. The maximum absolute atomic E-state index is 5.94. The number of fused-ring (bicyclic) bond motifs is 1. The lowest BCUT2D eigenvalue weighted by molar-refractivity contribution is -0.0553. The molecule has 0 saturated carbocycles. The molecule has 0 radical (unpaired) electrons. The number of nitrogens with one attached hydrogen (secondary N) is 1. The molecule has 0 amide bonds. The van der Waals surface area contributed by atoms with Crippen LogP contribution in [0, 0.1) is 11.7 Å². The average Bonchev–Trinajstić information content (AvgIpc) is 2.85. The van der Waals surface area contributed by atoms with E-state index in [4.69, 9.17) is 17.0 Å². The van der Waals surface area contributed by atoms with E-state index in [2.05, 4.69) is 20.6 Å². The molecule has 2 atom stereocenters. The van der Waals surface area contributed by atoms with Gasteiger partial charge in [-0.1, -0.05) is 0 Å². The summed E-state index contributed by atoms with van der Waals surface area (Å²) in [6.07, 6.45) is 4.98. The second kappa shape index (κ2) is 4.55. The van der Waals surface area contributed by atoms with Crippen molar-refractivity contribution in [2.24, 2.45) is 0 Å². The highest BCUT2D eigenvalue weighted by molar-refractivity contribution is 7.71. The third kappa shape index (κ3) is 2.32. The summed E-state index contributed by atoms with van der Waals surface area (Å²) >= 11 is 5.27. The fourth-order valence-electron chi connectivity index (χ4n) is 2.92. The Morgan fingerprint density at radius 3 is 3.24 bits per heavy atom. The van der Waals surface area contributed by atoms with E-state index >= 15 is 0 Å². The van der Waals surface area contributed by atoms with Crippen molar-refractivity contribution in [3.8, 4) is 0 Å². The summed E-state index contributed by atoms with van der Waals surface area (Å²) in [5, 5.41) is 0. The monoisotopic (exact) mass is 253 g/mol. The number of morpholine rings is 1. The summed E-state index contributed by atoms with van der Waals surface area (Å²) in [5.74, 6) is 0. The van der Waals surface area contributed by atoms with Gasteiger partial charge in [0.1, 0.15) is 0 Å². The Balaban J connectivity index is 1.66. The van der Waals surface area contributed by atoms with Crippen molar-refractivity contribution >= 4 is 12.2 Å². The maximum atomic E-state index is 5.94. The number of hydrogen-bond acceptors (Lipinski definition) is 3. The van der Waals surface area contributed by atoms with Gasteiger partial charge in [0, 0.05) is 24.5 Å². The molecule has 1 aromatic heterocycles. The number of aromatic nitrogens is 2. The Morgan fingerprint density at radius 2 is 2.47 bits per heavy atom. The van der Waals surface area contributed by atoms with Crippen LogP contribution in [0.1, 0.15) is 18.5 Å². The number of ether oxygens (including phenoxy) is 1. The Morgan fingerprint density at radius 1 is 1.59 bits per heavy atom. The second-order valence-electron chi connectivity index (χ2n) is 5.14. The Labute approximate surface area is 107 Å². The van der Waals surface area contributed by atoms with Crippen LogP contribution >= 0.6 is 12.2 Å². The van der Waals surface area contributed by atoms with E-state index < -0.39 is 0 Å². The SMILES string of the molecule is Cc1cn(CC2CN3CCCC3CO2)c(=S)[nH]1. The molecule has 2 aliphatic heterocycles. The van der Waals surface area contributed by atoms with Gasteiger partial charge in [-0.05, 0) is 38.5 Å². The van der Waals surface area contributed by atoms with Crippen molar-refractivity contribution in [2.75, 3.05) is 19.7 Å². The minimum atomic E-state index is 0.284.